The fraction of sp³-hybridized carbons (Fsp3) is 0.240. The van der Waals surface area contributed by atoms with Gasteiger partial charge in [0.15, 0.2) is 11.6 Å². The van der Waals surface area contributed by atoms with E-state index in [1.165, 1.54) is 18.9 Å². The predicted molar refractivity (Wildman–Crippen MR) is 118 cm³/mol. The molecule has 4 rings (SSSR count). The maximum atomic E-state index is 14.3. The SMILES string of the molecule is Fc1cc(C#Cc2ccc(-c3ccc(Cl)cc3)cn2)ccc1OCCN1CCCC1. The van der Waals surface area contributed by atoms with Gasteiger partial charge in [-0.05, 0) is 73.8 Å². The summed E-state index contributed by atoms with van der Waals surface area (Å²) >= 11 is 5.93. The average Bonchev–Trinajstić information content (AvgIpc) is 3.28. The minimum Gasteiger partial charge on any atom is -0.489 e. The molecule has 152 valence electrons. The highest BCUT2D eigenvalue weighted by Gasteiger charge is 2.11. The van der Waals surface area contributed by atoms with Crippen molar-refractivity contribution in [2.75, 3.05) is 26.2 Å². The van der Waals surface area contributed by atoms with Gasteiger partial charge in [-0.1, -0.05) is 35.7 Å². The Bertz CT molecular complexity index is 1050. The van der Waals surface area contributed by atoms with Crippen LogP contribution in [-0.4, -0.2) is 36.1 Å². The van der Waals surface area contributed by atoms with Gasteiger partial charge in [0.2, 0.25) is 0 Å². The number of ether oxygens (including phenoxy) is 1. The smallest absolute Gasteiger partial charge is 0.166 e. The van der Waals surface area contributed by atoms with E-state index in [4.69, 9.17) is 16.3 Å². The van der Waals surface area contributed by atoms with Crippen molar-refractivity contribution < 1.29 is 9.13 Å². The molecule has 0 radical (unpaired) electrons. The van der Waals surface area contributed by atoms with Crippen LogP contribution in [-0.2, 0) is 0 Å². The highest BCUT2D eigenvalue weighted by atomic mass is 35.5. The quantitative estimate of drug-likeness (QED) is 0.515. The maximum absolute atomic E-state index is 14.3. The van der Waals surface area contributed by atoms with Gasteiger partial charge in [-0.25, -0.2) is 9.37 Å². The van der Waals surface area contributed by atoms with Gasteiger partial charge in [0, 0.05) is 28.9 Å². The largest absolute Gasteiger partial charge is 0.489 e. The highest BCUT2D eigenvalue weighted by molar-refractivity contribution is 6.30. The molecule has 0 saturated carbocycles. The number of hydrogen-bond acceptors (Lipinski definition) is 3. The summed E-state index contributed by atoms with van der Waals surface area (Å²) in [7, 11) is 0. The van der Waals surface area contributed by atoms with Crippen LogP contribution in [0, 0.1) is 17.7 Å². The van der Waals surface area contributed by atoms with Gasteiger partial charge in [-0.3, -0.25) is 4.90 Å². The van der Waals surface area contributed by atoms with Gasteiger partial charge in [-0.15, -0.1) is 0 Å². The Labute approximate surface area is 181 Å². The molecule has 5 heteroatoms. The zero-order chi connectivity index (χ0) is 20.8. The number of benzene rings is 2. The van der Waals surface area contributed by atoms with Gasteiger partial charge >= 0.3 is 0 Å². The molecule has 0 aliphatic carbocycles. The summed E-state index contributed by atoms with van der Waals surface area (Å²) in [5.41, 5.74) is 3.23. The van der Waals surface area contributed by atoms with E-state index in [-0.39, 0.29) is 5.75 Å². The molecule has 0 N–H and O–H groups in total. The summed E-state index contributed by atoms with van der Waals surface area (Å²) < 4.78 is 19.9. The molecule has 0 bridgehead atoms. The predicted octanol–water partition coefficient (Wildman–Crippen LogP) is 5.42. The van der Waals surface area contributed by atoms with E-state index in [2.05, 4.69) is 21.7 Å². The summed E-state index contributed by atoms with van der Waals surface area (Å²) in [4.78, 5) is 6.72. The first-order valence-electron chi connectivity index (χ1n) is 10.1. The number of rotatable bonds is 5. The normalized spacial score (nSPS) is 13.7. The van der Waals surface area contributed by atoms with Crippen molar-refractivity contribution >= 4 is 11.6 Å². The lowest BCUT2D eigenvalue weighted by atomic mass is 10.1. The highest BCUT2D eigenvalue weighted by Crippen LogP contribution is 2.21. The lowest BCUT2D eigenvalue weighted by Gasteiger charge is -2.15. The number of likely N-dealkylation sites (tertiary alicyclic amines) is 1. The van der Waals surface area contributed by atoms with Crippen molar-refractivity contribution in [1.29, 1.82) is 0 Å². The molecule has 30 heavy (non-hydrogen) atoms. The summed E-state index contributed by atoms with van der Waals surface area (Å²) in [6, 6.07) is 16.2. The van der Waals surface area contributed by atoms with Crippen molar-refractivity contribution in [3.8, 4) is 28.7 Å². The Morgan fingerprint density at radius 2 is 1.73 bits per heavy atom. The Morgan fingerprint density at radius 1 is 0.967 bits per heavy atom. The summed E-state index contributed by atoms with van der Waals surface area (Å²) in [6.07, 6.45) is 4.24. The standard InChI is InChI=1S/C25H22ClFN2O/c26-22-8-5-20(6-9-22)21-7-11-23(28-18-21)10-3-19-4-12-25(24(27)17-19)30-16-15-29-13-1-2-14-29/h4-9,11-12,17-18H,1-2,13-16H2. The molecular formula is C25H22ClFN2O. The summed E-state index contributed by atoms with van der Waals surface area (Å²) in [5, 5.41) is 0.699. The van der Waals surface area contributed by atoms with Crippen LogP contribution in [0.4, 0.5) is 4.39 Å². The second kappa shape index (κ2) is 9.75. The van der Waals surface area contributed by atoms with E-state index >= 15 is 0 Å². The molecule has 1 fully saturated rings. The zero-order valence-corrected chi connectivity index (χ0v) is 17.3. The second-order valence-corrected chi connectivity index (χ2v) is 7.67. The molecule has 0 atom stereocenters. The van der Waals surface area contributed by atoms with Crippen LogP contribution in [0.1, 0.15) is 24.1 Å². The first-order chi connectivity index (χ1) is 14.7. The van der Waals surface area contributed by atoms with Gasteiger partial charge in [-0.2, -0.15) is 0 Å². The number of hydrogen-bond donors (Lipinski definition) is 0. The van der Waals surface area contributed by atoms with Crippen LogP contribution in [0.3, 0.4) is 0 Å². The van der Waals surface area contributed by atoms with Crippen molar-refractivity contribution in [3.63, 3.8) is 0 Å². The molecule has 1 aromatic heterocycles. The van der Waals surface area contributed by atoms with Gasteiger partial charge in [0.1, 0.15) is 12.3 Å². The maximum Gasteiger partial charge on any atom is 0.166 e. The summed E-state index contributed by atoms with van der Waals surface area (Å²) in [5.74, 6) is 5.82. The van der Waals surface area contributed by atoms with Crippen LogP contribution in [0.25, 0.3) is 11.1 Å². The first-order valence-corrected chi connectivity index (χ1v) is 10.4. The monoisotopic (exact) mass is 420 g/mol. The first kappa shape index (κ1) is 20.4. The second-order valence-electron chi connectivity index (χ2n) is 7.23. The van der Waals surface area contributed by atoms with Crippen molar-refractivity contribution in [2.45, 2.75) is 12.8 Å². The van der Waals surface area contributed by atoms with Crippen LogP contribution >= 0.6 is 11.6 Å². The Hall–Kier alpha value is -2.87. The number of pyridine rings is 1. The molecule has 2 aromatic carbocycles. The van der Waals surface area contributed by atoms with Crippen molar-refractivity contribution in [1.82, 2.24) is 9.88 Å². The molecule has 3 nitrogen and oxygen atoms in total. The van der Waals surface area contributed by atoms with E-state index in [1.54, 1.807) is 18.3 Å². The minimum absolute atomic E-state index is 0.269. The topological polar surface area (TPSA) is 25.4 Å². The van der Waals surface area contributed by atoms with E-state index in [0.29, 0.717) is 22.9 Å². The Balaban J connectivity index is 1.37. The number of aromatic nitrogens is 1. The fourth-order valence-electron chi connectivity index (χ4n) is 3.40. The molecule has 3 aromatic rings. The van der Waals surface area contributed by atoms with Crippen LogP contribution in [0.2, 0.25) is 5.02 Å². The number of nitrogens with zero attached hydrogens (tertiary/aromatic N) is 2. The third kappa shape index (κ3) is 5.38. The van der Waals surface area contributed by atoms with Crippen LogP contribution < -0.4 is 4.74 Å². The van der Waals surface area contributed by atoms with E-state index in [1.807, 2.05) is 36.4 Å². The van der Waals surface area contributed by atoms with E-state index in [0.717, 1.165) is 30.8 Å². The lowest BCUT2D eigenvalue weighted by Crippen LogP contribution is -2.25. The van der Waals surface area contributed by atoms with Crippen molar-refractivity contribution in [3.05, 3.63) is 82.9 Å². The molecule has 1 aliphatic heterocycles. The lowest BCUT2D eigenvalue weighted by molar-refractivity contribution is 0.231. The summed E-state index contributed by atoms with van der Waals surface area (Å²) in [6.45, 7) is 3.54. The van der Waals surface area contributed by atoms with Gasteiger partial charge < -0.3 is 4.74 Å². The van der Waals surface area contributed by atoms with E-state index < -0.39 is 5.82 Å². The molecule has 0 amide bonds. The zero-order valence-electron chi connectivity index (χ0n) is 16.6. The van der Waals surface area contributed by atoms with Crippen LogP contribution in [0.5, 0.6) is 5.75 Å². The molecule has 0 unspecified atom stereocenters. The molecule has 1 saturated heterocycles. The van der Waals surface area contributed by atoms with E-state index in [9.17, 15) is 4.39 Å². The molecular weight excluding hydrogens is 399 g/mol. The van der Waals surface area contributed by atoms with Crippen molar-refractivity contribution in [2.24, 2.45) is 0 Å². The fourth-order valence-corrected chi connectivity index (χ4v) is 3.53. The third-order valence-corrected chi connectivity index (χ3v) is 5.32. The van der Waals surface area contributed by atoms with Gasteiger partial charge in [0.25, 0.3) is 0 Å². The Morgan fingerprint density at radius 3 is 2.43 bits per heavy atom. The molecule has 0 spiro atoms. The minimum atomic E-state index is -0.394. The average molecular weight is 421 g/mol. The molecule has 2 heterocycles. The van der Waals surface area contributed by atoms with Gasteiger partial charge in [0.05, 0.1) is 0 Å². The number of halogens is 2. The molecule has 1 aliphatic rings. The third-order valence-electron chi connectivity index (χ3n) is 5.07. The Kier molecular flexibility index (Phi) is 6.63. The van der Waals surface area contributed by atoms with Crippen LogP contribution in [0.15, 0.2) is 60.8 Å².